The van der Waals surface area contributed by atoms with Crippen molar-refractivity contribution in [3.63, 3.8) is 0 Å². The van der Waals surface area contributed by atoms with Gasteiger partial charge in [-0.05, 0) is 49.1 Å². The predicted octanol–water partition coefficient (Wildman–Crippen LogP) is 4.42. The number of rotatable bonds is 8. The Kier molecular flexibility index (Phi) is 8.12. The number of amides is 1. The molecule has 0 aliphatic carbocycles. The molecule has 2 aliphatic rings. The number of piperazine rings is 1. The van der Waals surface area contributed by atoms with Gasteiger partial charge >= 0.3 is 0 Å². The van der Waals surface area contributed by atoms with Gasteiger partial charge in [0.2, 0.25) is 10.0 Å². The van der Waals surface area contributed by atoms with E-state index in [0.717, 1.165) is 25.9 Å². The summed E-state index contributed by atoms with van der Waals surface area (Å²) in [6, 6.07) is 25.8. The van der Waals surface area contributed by atoms with Gasteiger partial charge in [-0.1, -0.05) is 60.7 Å². The summed E-state index contributed by atoms with van der Waals surface area (Å²) in [6.07, 6.45) is 1.69. The maximum Gasteiger partial charge on any atom is 0.253 e. The molecular formula is C30H35N3O4S. The minimum absolute atomic E-state index is 0.0824. The molecule has 0 spiro atoms. The van der Waals surface area contributed by atoms with Crippen LogP contribution in [-0.4, -0.2) is 74.3 Å². The van der Waals surface area contributed by atoms with E-state index >= 15 is 0 Å². The normalized spacial score (nSPS) is 17.2. The molecule has 0 N–H and O–H groups in total. The van der Waals surface area contributed by atoms with Crippen molar-refractivity contribution in [2.45, 2.75) is 30.7 Å². The molecule has 1 amide bonds. The van der Waals surface area contributed by atoms with Crippen LogP contribution in [0.3, 0.4) is 0 Å². The Hall–Kier alpha value is -3.20. The van der Waals surface area contributed by atoms with Crippen LogP contribution in [0.2, 0.25) is 0 Å². The number of carbonyl (C=O) groups is 1. The lowest BCUT2D eigenvalue weighted by molar-refractivity contribution is 0.0597. The van der Waals surface area contributed by atoms with Gasteiger partial charge in [-0.25, -0.2) is 8.42 Å². The Labute approximate surface area is 225 Å². The van der Waals surface area contributed by atoms with Gasteiger partial charge in [-0.3, -0.25) is 9.69 Å². The number of sulfonamides is 1. The van der Waals surface area contributed by atoms with E-state index in [-0.39, 0.29) is 16.8 Å². The number of carbonyl (C=O) groups excluding carboxylic acids is 1. The number of hydrogen-bond acceptors (Lipinski definition) is 5. The van der Waals surface area contributed by atoms with Crippen LogP contribution in [0.1, 0.15) is 47.3 Å². The van der Waals surface area contributed by atoms with Gasteiger partial charge in [-0.2, -0.15) is 4.31 Å². The van der Waals surface area contributed by atoms with Crippen molar-refractivity contribution in [1.29, 1.82) is 0 Å². The van der Waals surface area contributed by atoms with Crippen LogP contribution >= 0.6 is 0 Å². The van der Waals surface area contributed by atoms with Crippen molar-refractivity contribution in [2.75, 3.05) is 45.9 Å². The smallest absolute Gasteiger partial charge is 0.253 e. The van der Waals surface area contributed by atoms with E-state index in [1.807, 2.05) is 24.0 Å². The number of benzene rings is 3. The molecule has 7 nitrogen and oxygen atoms in total. The fourth-order valence-corrected chi connectivity index (χ4v) is 7.11. The molecular weight excluding hydrogens is 498 g/mol. The quantitative estimate of drug-likeness (QED) is 0.429. The molecule has 5 rings (SSSR count). The van der Waals surface area contributed by atoms with Crippen molar-refractivity contribution in [2.24, 2.45) is 0 Å². The van der Waals surface area contributed by atoms with Crippen molar-refractivity contribution in [3.05, 3.63) is 95.6 Å². The van der Waals surface area contributed by atoms with E-state index < -0.39 is 10.0 Å². The van der Waals surface area contributed by atoms with Crippen LogP contribution in [0.15, 0.2) is 83.8 Å². The highest BCUT2D eigenvalue weighted by atomic mass is 32.2. The highest BCUT2D eigenvalue weighted by molar-refractivity contribution is 7.89. The van der Waals surface area contributed by atoms with Gasteiger partial charge in [0.05, 0.1) is 12.6 Å². The fraction of sp³-hybridized carbons (Fsp3) is 0.367. The summed E-state index contributed by atoms with van der Waals surface area (Å²) in [7, 11) is -3.73. The number of nitrogens with zero attached hydrogens (tertiary/aromatic N) is 3. The Balaban J connectivity index is 1.35. The lowest BCUT2D eigenvalue weighted by Gasteiger charge is -2.40. The second-order valence-electron chi connectivity index (χ2n) is 9.76. The Morgan fingerprint density at radius 3 is 1.95 bits per heavy atom. The third-order valence-electron chi connectivity index (χ3n) is 7.37. The van der Waals surface area contributed by atoms with E-state index in [0.29, 0.717) is 44.1 Å². The average Bonchev–Trinajstić information content (AvgIpc) is 3.51. The van der Waals surface area contributed by atoms with E-state index in [1.165, 1.54) is 21.5 Å². The molecule has 3 aromatic rings. The first-order chi connectivity index (χ1) is 18.5. The first kappa shape index (κ1) is 26.4. The molecule has 3 aromatic carbocycles. The standard InChI is InChI=1S/C30H35N3O4S/c1-2-37-27-16-15-26(23-28(27)38(35,36)33-17-9-10-18-33)30(34)32-21-19-31(20-22-32)29(24-11-5-3-6-12-24)25-13-7-4-8-14-25/h3-8,11-16,23,29H,2,9-10,17-22H2,1H3. The van der Waals surface area contributed by atoms with E-state index in [9.17, 15) is 13.2 Å². The Bertz CT molecular complexity index is 1290. The number of hydrogen-bond donors (Lipinski definition) is 0. The highest BCUT2D eigenvalue weighted by Crippen LogP contribution is 2.32. The average molecular weight is 534 g/mol. The number of ether oxygens (including phenoxy) is 1. The predicted molar refractivity (Wildman–Crippen MR) is 148 cm³/mol. The summed E-state index contributed by atoms with van der Waals surface area (Å²) in [5, 5.41) is 0. The second kappa shape index (κ2) is 11.7. The first-order valence-electron chi connectivity index (χ1n) is 13.4. The van der Waals surface area contributed by atoms with Crippen LogP contribution in [0, 0.1) is 0 Å². The van der Waals surface area contributed by atoms with E-state index in [2.05, 4.69) is 53.4 Å². The molecule has 0 aromatic heterocycles. The summed E-state index contributed by atoms with van der Waals surface area (Å²) < 4.78 is 33.9. The molecule has 2 aliphatic heterocycles. The lowest BCUT2D eigenvalue weighted by Crippen LogP contribution is -2.49. The zero-order valence-corrected chi connectivity index (χ0v) is 22.6. The van der Waals surface area contributed by atoms with E-state index in [4.69, 9.17) is 4.74 Å². The second-order valence-corrected chi connectivity index (χ2v) is 11.7. The SMILES string of the molecule is CCOc1ccc(C(=O)N2CCN(C(c3ccccc3)c3ccccc3)CC2)cc1S(=O)(=O)N1CCCC1. The molecule has 0 radical (unpaired) electrons. The molecule has 200 valence electrons. The zero-order chi connectivity index (χ0) is 26.5. The van der Waals surface area contributed by atoms with Crippen LogP contribution in [-0.2, 0) is 10.0 Å². The van der Waals surface area contributed by atoms with Gasteiger partial charge in [0.15, 0.2) is 0 Å². The Morgan fingerprint density at radius 2 is 1.39 bits per heavy atom. The largest absolute Gasteiger partial charge is 0.492 e. The summed E-state index contributed by atoms with van der Waals surface area (Å²) >= 11 is 0. The molecule has 8 heteroatoms. The summed E-state index contributed by atoms with van der Waals surface area (Å²) in [5.41, 5.74) is 2.82. The summed E-state index contributed by atoms with van der Waals surface area (Å²) in [4.78, 5) is 17.9. The third kappa shape index (κ3) is 5.48. The minimum Gasteiger partial charge on any atom is -0.492 e. The molecule has 38 heavy (non-hydrogen) atoms. The topological polar surface area (TPSA) is 70.2 Å². The van der Waals surface area contributed by atoms with Gasteiger partial charge in [-0.15, -0.1) is 0 Å². The molecule has 2 fully saturated rings. The molecule has 0 bridgehead atoms. The van der Waals surface area contributed by atoms with Crippen LogP contribution in [0.4, 0.5) is 0 Å². The molecule has 2 saturated heterocycles. The van der Waals surface area contributed by atoms with Gasteiger partial charge in [0.1, 0.15) is 10.6 Å². The lowest BCUT2D eigenvalue weighted by atomic mass is 9.96. The molecule has 2 heterocycles. The van der Waals surface area contributed by atoms with Crippen molar-refractivity contribution >= 4 is 15.9 Å². The van der Waals surface area contributed by atoms with Crippen LogP contribution in [0.25, 0.3) is 0 Å². The summed E-state index contributed by atoms with van der Waals surface area (Å²) in [6.45, 7) is 5.74. The van der Waals surface area contributed by atoms with Crippen LogP contribution in [0.5, 0.6) is 5.75 Å². The monoisotopic (exact) mass is 533 g/mol. The Morgan fingerprint density at radius 1 is 0.816 bits per heavy atom. The third-order valence-corrected chi connectivity index (χ3v) is 9.29. The van der Waals surface area contributed by atoms with E-state index in [1.54, 1.807) is 12.1 Å². The maximum atomic E-state index is 13.5. The zero-order valence-electron chi connectivity index (χ0n) is 21.8. The summed E-state index contributed by atoms with van der Waals surface area (Å²) in [5.74, 6) is 0.149. The van der Waals surface area contributed by atoms with Gasteiger partial charge in [0, 0.05) is 44.8 Å². The van der Waals surface area contributed by atoms with Crippen LogP contribution < -0.4 is 4.74 Å². The molecule has 0 atom stereocenters. The van der Waals surface area contributed by atoms with Crippen molar-refractivity contribution in [3.8, 4) is 5.75 Å². The van der Waals surface area contributed by atoms with Gasteiger partial charge in [0.25, 0.3) is 5.91 Å². The maximum absolute atomic E-state index is 13.5. The highest BCUT2D eigenvalue weighted by Gasteiger charge is 2.32. The van der Waals surface area contributed by atoms with Gasteiger partial charge < -0.3 is 9.64 Å². The fourth-order valence-electron chi connectivity index (χ4n) is 5.44. The minimum atomic E-state index is -3.73. The first-order valence-corrected chi connectivity index (χ1v) is 14.8. The van der Waals surface area contributed by atoms with Crippen molar-refractivity contribution < 1.29 is 17.9 Å². The molecule has 0 unspecified atom stereocenters. The van der Waals surface area contributed by atoms with Crippen molar-refractivity contribution in [1.82, 2.24) is 14.1 Å². The molecule has 0 saturated carbocycles.